The topological polar surface area (TPSA) is 43.8 Å². The van der Waals surface area contributed by atoms with Gasteiger partial charge in [-0.1, -0.05) is 6.42 Å². The van der Waals surface area contributed by atoms with E-state index in [2.05, 4.69) is 38.7 Å². The van der Waals surface area contributed by atoms with Crippen molar-refractivity contribution in [2.45, 2.75) is 82.0 Å². The lowest BCUT2D eigenvalue weighted by molar-refractivity contribution is 0.00578. The average Bonchev–Trinajstić information content (AvgIpc) is 2.77. The lowest BCUT2D eigenvalue weighted by Gasteiger charge is -2.32. The number of rotatable bonds is 5. The molecule has 144 valence electrons. The van der Waals surface area contributed by atoms with Crippen LogP contribution in [0.3, 0.4) is 0 Å². The van der Waals surface area contributed by atoms with E-state index in [1.165, 1.54) is 19.3 Å². The van der Waals surface area contributed by atoms with Crippen molar-refractivity contribution in [2.24, 2.45) is 0 Å². The van der Waals surface area contributed by atoms with Crippen molar-refractivity contribution in [1.82, 2.24) is 9.29 Å². The molecule has 0 radical (unpaired) electrons. The minimum atomic E-state index is -0.464. The fourth-order valence-electron chi connectivity index (χ4n) is 3.29. The largest absolute Gasteiger partial charge is 0.500 e. The van der Waals surface area contributed by atoms with Gasteiger partial charge in [0.15, 0.2) is 0 Å². The Hall–Kier alpha value is -0.755. The van der Waals surface area contributed by atoms with Crippen LogP contribution in [0.5, 0.6) is 5.88 Å². The molecule has 2 fully saturated rings. The zero-order chi connectivity index (χ0) is 18.9. The van der Waals surface area contributed by atoms with Crippen LogP contribution >= 0.6 is 11.9 Å². The van der Waals surface area contributed by atoms with Gasteiger partial charge in [-0.25, -0.2) is 4.98 Å². The smallest absolute Gasteiger partial charge is 0.475 e. The van der Waals surface area contributed by atoms with E-state index in [0.717, 1.165) is 23.2 Å². The van der Waals surface area contributed by atoms with Gasteiger partial charge in [-0.3, -0.25) is 4.31 Å². The second kappa shape index (κ2) is 7.70. The molecular weight excluding hydrogens is 347 g/mol. The van der Waals surface area contributed by atoms with Gasteiger partial charge < -0.3 is 14.0 Å². The average molecular weight is 378 g/mol. The minimum absolute atomic E-state index is 0.241. The molecule has 0 bridgehead atoms. The molecule has 3 rings (SSSR count). The highest BCUT2D eigenvalue weighted by Crippen LogP contribution is 2.37. The highest BCUT2D eigenvalue weighted by atomic mass is 32.2. The summed E-state index contributed by atoms with van der Waals surface area (Å²) in [6, 6.07) is 2.10. The fourth-order valence-corrected chi connectivity index (χ4v) is 3.99. The molecule has 0 amide bonds. The van der Waals surface area contributed by atoms with Crippen LogP contribution in [0.25, 0.3) is 0 Å². The predicted molar refractivity (Wildman–Crippen MR) is 107 cm³/mol. The summed E-state index contributed by atoms with van der Waals surface area (Å²) in [7, 11) is 3.57. The first-order valence-corrected chi connectivity index (χ1v) is 10.3. The second-order valence-corrected chi connectivity index (χ2v) is 9.82. The number of nitrogens with zero attached hydrogens (tertiary/aromatic N) is 2. The van der Waals surface area contributed by atoms with E-state index in [1.54, 1.807) is 11.9 Å². The molecule has 0 aromatic carbocycles. The van der Waals surface area contributed by atoms with Gasteiger partial charge in [0.25, 0.3) is 0 Å². The SMILES string of the molecule is CN(C)Sc1cnc(OC2CCCCC2)c(B2OC(C)(C)C(C)(C)O2)c1. The van der Waals surface area contributed by atoms with Gasteiger partial charge in [0, 0.05) is 16.6 Å². The summed E-state index contributed by atoms with van der Waals surface area (Å²) in [5, 5.41) is 0. The Morgan fingerprint density at radius 2 is 1.73 bits per heavy atom. The number of ether oxygens (including phenoxy) is 1. The number of aromatic nitrogens is 1. The molecule has 7 heteroatoms. The van der Waals surface area contributed by atoms with Crippen LogP contribution in [0.15, 0.2) is 17.2 Å². The van der Waals surface area contributed by atoms with Crippen LogP contribution in [-0.4, -0.2) is 47.8 Å². The fraction of sp³-hybridized carbons (Fsp3) is 0.737. The molecule has 26 heavy (non-hydrogen) atoms. The normalized spacial score (nSPS) is 22.8. The van der Waals surface area contributed by atoms with Gasteiger partial charge in [0.05, 0.1) is 11.2 Å². The Bertz CT molecular complexity index is 617. The summed E-state index contributed by atoms with van der Waals surface area (Å²) in [6.45, 7) is 8.28. The van der Waals surface area contributed by atoms with Gasteiger partial charge in [-0.05, 0) is 85.5 Å². The van der Waals surface area contributed by atoms with Crippen molar-refractivity contribution in [3.63, 3.8) is 0 Å². The highest BCUT2D eigenvalue weighted by Gasteiger charge is 2.52. The van der Waals surface area contributed by atoms with Crippen LogP contribution in [0, 0.1) is 0 Å². The molecule has 0 N–H and O–H groups in total. The molecule has 1 aromatic heterocycles. The number of hydrogen-bond donors (Lipinski definition) is 0. The molecule has 0 unspecified atom stereocenters. The molecule has 5 nitrogen and oxygen atoms in total. The van der Waals surface area contributed by atoms with E-state index in [9.17, 15) is 0 Å². The summed E-state index contributed by atoms with van der Waals surface area (Å²) in [5.74, 6) is 0.651. The third kappa shape index (κ3) is 4.38. The summed E-state index contributed by atoms with van der Waals surface area (Å²) in [5.41, 5.74) is 0.121. The van der Waals surface area contributed by atoms with Crippen molar-refractivity contribution >= 4 is 24.5 Å². The molecule has 2 heterocycles. The van der Waals surface area contributed by atoms with Crippen LogP contribution in [0.2, 0.25) is 0 Å². The van der Waals surface area contributed by atoms with E-state index < -0.39 is 7.12 Å². The number of hydrogen-bond acceptors (Lipinski definition) is 6. The number of pyridine rings is 1. The maximum Gasteiger partial charge on any atom is 0.500 e. The van der Waals surface area contributed by atoms with E-state index in [4.69, 9.17) is 14.0 Å². The second-order valence-electron chi connectivity index (χ2n) is 8.44. The van der Waals surface area contributed by atoms with Gasteiger partial charge in [-0.15, -0.1) is 0 Å². The first-order chi connectivity index (χ1) is 12.2. The standard InChI is InChI=1S/C19H31BN2O3S/c1-18(2)19(3,4)25-20(24-18)16-12-15(26-22(5)6)13-21-17(16)23-14-10-8-7-9-11-14/h12-14H,7-11H2,1-6H3. The zero-order valence-electron chi connectivity index (χ0n) is 16.9. The first-order valence-electron chi connectivity index (χ1n) is 9.55. The Balaban J connectivity index is 1.89. The Kier molecular flexibility index (Phi) is 5.92. The van der Waals surface area contributed by atoms with Gasteiger partial charge in [0.2, 0.25) is 5.88 Å². The Morgan fingerprint density at radius 3 is 2.31 bits per heavy atom. The van der Waals surface area contributed by atoms with Gasteiger partial charge >= 0.3 is 7.12 Å². The molecule has 1 aliphatic heterocycles. The molecule has 1 aromatic rings. The maximum absolute atomic E-state index is 6.30. The first kappa shape index (κ1) is 20.0. The van der Waals surface area contributed by atoms with Crippen molar-refractivity contribution in [3.8, 4) is 5.88 Å². The Labute approximate surface area is 162 Å². The zero-order valence-corrected chi connectivity index (χ0v) is 17.7. The van der Waals surface area contributed by atoms with Crippen LogP contribution < -0.4 is 10.2 Å². The van der Waals surface area contributed by atoms with E-state index in [1.807, 2.05) is 24.6 Å². The third-order valence-electron chi connectivity index (χ3n) is 5.48. The summed E-state index contributed by atoms with van der Waals surface area (Å²) >= 11 is 1.63. The van der Waals surface area contributed by atoms with Crippen molar-refractivity contribution in [1.29, 1.82) is 0 Å². The summed E-state index contributed by atoms with van der Waals surface area (Å²) in [4.78, 5) is 5.69. The van der Waals surface area contributed by atoms with E-state index >= 15 is 0 Å². The van der Waals surface area contributed by atoms with Crippen LogP contribution in [0.1, 0.15) is 59.8 Å². The lowest BCUT2D eigenvalue weighted by Crippen LogP contribution is -2.41. The minimum Gasteiger partial charge on any atom is -0.475 e. The van der Waals surface area contributed by atoms with Crippen molar-refractivity contribution in [3.05, 3.63) is 12.3 Å². The van der Waals surface area contributed by atoms with Gasteiger partial charge in [-0.2, -0.15) is 0 Å². The lowest BCUT2D eigenvalue weighted by atomic mass is 9.79. The van der Waals surface area contributed by atoms with Crippen LogP contribution in [0.4, 0.5) is 0 Å². The maximum atomic E-state index is 6.30. The summed E-state index contributed by atoms with van der Waals surface area (Å²) < 4.78 is 20.9. The quantitative estimate of drug-likeness (QED) is 0.576. The molecule has 2 aliphatic rings. The molecular formula is C19H31BN2O3S. The molecule has 0 spiro atoms. The van der Waals surface area contributed by atoms with E-state index in [0.29, 0.717) is 5.88 Å². The highest BCUT2D eigenvalue weighted by molar-refractivity contribution is 7.97. The van der Waals surface area contributed by atoms with Gasteiger partial charge in [0.1, 0.15) is 6.10 Å². The van der Waals surface area contributed by atoms with Crippen molar-refractivity contribution in [2.75, 3.05) is 14.1 Å². The van der Waals surface area contributed by atoms with Crippen LogP contribution in [-0.2, 0) is 9.31 Å². The molecule has 1 saturated carbocycles. The van der Waals surface area contributed by atoms with E-state index in [-0.39, 0.29) is 17.3 Å². The monoisotopic (exact) mass is 378 g/mol. The van der Waals surface area contributed by atoms with Crippen molar-refractivity contribution < 1.29 is 14.0 Å². The third-order valence-corrected chi connectivity index (χ3v) is 6.28. The Morgan fingerprint density at radius 1 is 1.12 bits per heavy atom. The molecule has 0 atom stereocenters. The predicted octanol–water partition coefficient (Wildman–Crippen LogP) is 3.66. The summed E-state index contributed by atoms with van der Waals surface area (Å²) in [6.07, 6.45) is 8.06. The molecule has 1 aliphatic carbocycles. The molecule has 1 saturated heterocycles.